The summed E-state index contributed by atoms with van der Waals surface area (Å²) >= 11 is 0. The monoisotopic (exact) mass is 266 g/mol. The molecule has 2 rings (SSSR count). The van der Waals surface area contributed by atoms with Gasteiger partial charge in [-0.1, -0.05) is 6.92 Å². The minimum atomic E-state index is -1.08. The van der Waals surface area contributed by atoms with E-state index >= 15 is 0 Å². The molecular formula is C15H22O4. The lowest BCUT2D eigenvalue weighted by Crippen LogP contribution is -2.40. The molecule has 4 heteroatoms. The SMILES string of the molecule is CC(C)(C)O[C@@H]1CCC2=C(C(=O)O)C(=O)CC[C@]21C. The van der Waals surface area contributed by atoms with Crippen molar-refractivity contribution in [3.05, 3.63) is 11.1 Å². The third-order valence-corrected chi connectivity index (χ3v) is 4.22. The Balaban J connectivity index is 2.40. The first-order valence-electron chi connectivity index (χ1n) is 6.83. The lowest BCUT2D eigenvalue weighted by atomic mass is 9.71. The molecule has 0 bridgehead atoms. The number of rotatable bonds is 2. The van der Waals surface area contributed by atoms with Crippen LogP contribution in [0, 0.1) is 5.41 Å². The normalized spacial score (nSPS) is 31.6. The number of ether oxygens (including phenoxy) is 1. The molecule has 1 fully saturated rings. The fourth-order valence-corrected chi connectivity index (χ4v) is 3.33. The molecule has 0 unspecified atom stereocenters. The highest BCUT2D eigenvalue weighted by molar-refractivity contribution is 6.18. The van der Waals surface area contributed by atoms with Crippen LogP contribution in [0.25, 0.3) is 0 Å². The maximum absolute atomic E-state index is 11.8. The topological polar surface area (TPSA) is 63.6 Å². The number of carboxylic acid groups (broad SMARTS) is 1. The van der Waals surface area contributed by atoms with E-state index in [0.717, 1.165) is 12.0 Å². The zero-order chi connectivity index (χ0) is 14.4. The summed E-state index contributed by atoms with van der Waals surface area (Å²) in [6, 6.07) is 0. The molecule has 0 aromatic carbocycles. The van der Waals surface area contributed by atoms with Crippen LogP contribution in [0.5, 0.6) is 0 Å². The van der Waals surface area contributed by atoms with Gasteiger partial charge in [-0.2, -0.15) is 0 Å². The van der Waals surface area contributed by atoms with Gasteiger partial charge in [-0.05, 0) is 45.6 Å². The Labute approximate surface area is 113 Å². The summed E-state index contributed by atoms with van der Waals surface area (Å²) in [4.78, 5) is 23.2. The third kappa shape index (κ3) is 2.46. The number of carbonyl (C=O) groups is 2. The van der Waals surface area contributed by atoms with Crippen LogP contribution >= 0.6 is 0 Å². The van der Waals surface area contributed by atoms with Crippen molar-refractivity contribution in [2.24, 2.45) is 5.41 Å². The van der Waals surface area contributed by atoms with Crippen LogP contribution in [0.3, 0.4) is 0 Å². The minimum absolute atomic E-state index is 0.00458. The predicted octanol–water partition coefficient (Wildman–Crippen LogP) is 2.71. The number of fused-ring (bicyclic) bond motifs is 1. The van der Waals surface area contributed by atoms with Crippen molar-refractivity contribution in [3.63, 3.8) is 0 Å². The van der Waals surface area contributed by atoms with Gasteiger partial charge in [-0.3, -0.25) is 4.79 Å². The molecule has 4 nitrogen and oxygen atoms in total. The van der Waals surface area contributed by atoms with Gasteiger partial charge >= 0.3 is 5.97 Å². The van der Waals surface area contributed by atoms with Gasteiger partial charge in [0.05, 0.1) is 11.7 Å². The molecule has 0 saturated heterocycles. The molecule has 2 aliphatic rings. The average molecular weight is 266 g/mol. The molecule has 2 atom stereocenters. The second-order valence-electron chi connectivity index (χ2n) is 6.76. The molecule has 0 amide bonds. The van der Waals surface area contributed by atoms with E-state index in [-0.39, 0.29) is 28.5 Å². The number of hydrogen-bond acceptors (Lipinski definition) is 3. The van der Waals surface area contributed by atoms with Crippen LogP contribution in [-0.4, -0.2) is 28.6 Å². The first-order valence-corrected chi connectivity index (χ1v) is 6.83. The van der Waals surface area contributed by atoms with Gasteiger partial charge in [0.2, 0.25) is 0 Å². The van der Waals surface area contributed by atoms with E-state index in [1.165, 1.54) is 0 Å². The number of hydrogen-bond donors (Lipinski definition) is 1. The molecule has 106 valence electrons. The molecule has 0 radical (unpaired) electrons. The molecule has 1 saturated carbocycles. The largest absolute Gasteiger partial charge is 0.478 e. The van der Waals surface area contributed by atoms with Crippen LogP contribution in [0.4, 0.5) is 0 Å². The van der Waals surface area contributed by atoms with Gasteiger partial charge < -0.3 is 9.84 Å². The first kappa shape index (κ1) is 14.3. The highest BCUT2D eigenvalue weighted by Crippen LogP contribution is 2.52. The van der Waals surface area contributed by atoms with Gasteiger partial charge in [-0.15, -0.1) is 0 Å². The maximum Gasteiger partial charge on any atom is 0.339 e. The van der Waals surface area contributed by atoms with E-state index < -0.39 is 5.97 Å². The highest BCUT2D eigenvalue weighted by atomic mass is 16.5. The predicted molar refractivity (Wildman–Crippen MR) is 70.9 cm³/mol. The Hall–Kier alpha value is -1.16. The van der Waals surface area contributed by atoms with Crippen molar-refractivity contribution in [3.8, 4) is 0 Å². The fourth-order valence-electron chi connectivity index (χ4n) is 3.33. The van der Waals surface area contributed by atoms with Crippen molar-refractivity contribution < 1.29 is 19.4 Å². The summed E-state index contributed by atoms with van der Waals surface area (Å²) in [5.41, 5.74) is 0.266. The molecule has 0 aromatic rings. The summed E-state index contributed by atoms with van der Waals surface area (Å²) in [7, 11) is 0. The lowest BCUT2D eigenvalue weighted by molar-refractivity contribution is -0.136. The summed E-state index contributed by atoms with van der Waals surface area (Å²) in [6.45, 7) is 8.06. The number of ketones is 1. The lowest BCUT2D eigenvalue weighted by Gasteiger charge is -2.39. The molecule has 2 aliphatic carbocycles. The molecule has 0 aliphatic heterocycles. The molecule has 1 N–H and O–H groups in total. The quantitative estimate of drug-likeness (QED) is 0.780. The van der Waals surface area contributed by atoms with E-state index in [4.69, 9.17) is 4.74 Å². The molecular weight excluding hydrogens is 244 g/mol. The Morgan fingerprint density at radius 3 is 2.53 bits per heavy atom. The van der Waals surface area contributed by atoms with E-state index in [1.807, 2.05) is 27.7 Å². The van der Waals surface area contributed by atoms with Crippen LogP contribution in [0.15, 0.2) is 11.1 Å². The van der Waals surface area contributed by atoms with Crippen LogP contribution in [0.1, 0.15) is 53.4 Å². The van der Waals surface area contributed by atoms with Crippen molar-refractivity contribution in [1.82, 2.24) is 0 Å². The van der Waals surface area contributed by atoms with Crippen molar-refractivity contribution >= 4 is 11.8 Å². The van der Waals surface area contributed by atoms with Gasteiger partial charge in [0, 0.05) is 11.8 Å². The van der Waals surface area contributed by atoms with Crippen LogP contribution in [-0.2, 0) is 14.3 Å². The molecule has 0 heterocycles. The van der Waals surface area contributed by atoms with E-state index in [2.05, 4.69) is 0 Å². The smallest absolute Gasteiger partial charge is 0.339 e. The van der Waals surface area contributed by atoms with Gasteiger partial charge in [-0.25, -0.2) is 4.79 Å². The number of Topliss-reactive ketones (excluding diaryl/α,β-unsaturated/α-hetero) is 1. The summed E-state index contributed by atoms with van der Waals surface area (Å²) < 4.78 is 6.10. The summed E-state index contributed by atoms with van der Waals surface area (Å²) in [5, 5.41) is 9.27. The second kappa shape index (κ2) is 4.44. The number of aliphatic carboxylic acids is 1. The summed E-state index contributed by atoms with van der Waals surface area (Å²) in [5.74, 6) is -1.31. The zero-order valence-electron chi connectivity index (χ0n) is 12.1. The van der Waals surface area contributed by atoms with E-state index in [9.17, 15) is 14.7 Å². The van der Waals surface area contributed by atoms with Gasteiger partial charge in [0.15, 0.2) is 5.78 Å². The van der Waals surface area contributed by atoms with Gasteiger partial charge in [0.1, 0.15) is 5.57 Å². The standard InChI is InChI=1S/C15H22O4/c1-14(2,3)19-11-6-5-9-12(13(17)18)10(16)7-8-15(9,11)4/h11H,5-8H2,1-4H3,(H,17,18)/t11-,15-/m1/s1. The Morgan fingerprint density at radius 2 is 2.00 bits per heavy atom. The Kier molecular flexibility index (Phi) is 3.33. The number of carboxylic acids is 1. The average Bonchev–Trinajstić information content (AvgIpc) is 2.54. The Morgan fingerprint density at radius 1 is 1.37 bits per heavy atom. The highest BCUT2D eigenvalue weighted by Gasteiger charge is 2.50. The van der Waals surface area contributed by atoms with Crippen molar-refractivity contribution in [2.75, 3.05) is 0 Å². The Bertz CT molecular complexity index is 455. The van der Waals surface area contributed by atoms with E-state index in [1.54, 1.807) is 0 Å². The zero-order valence-corrected chi connectivity index (χ0v) is 12.1. The first-order chi connectivity index (χ1) is 8.65. The fraction of sp³-hybridized carbons (Fsp3) is 0.733. The summed E-state index contributed by atoms with van der Waals surface area (Å²) in [6.07, 6.45) is 2.47. The number of carbonyl (C=O) groups excluding carboxylic acids is 1. The molecule has 0 aromatic heterocycles. The van der Waals surface area contributed by atoms with Crippen molar-refractivity contribution in [2.45, 2.75) is 65.1 Å². The van der Waals surface area contributed by atoms with E-state index in [0.29, 0.717) is 19.3 Å². The third-order valence-electron chi connectivity index (χ3n) is 4.22. The van der Waals surface area contributed by atoms with Crippen LogP contribution in [0.2, 0.25) is 0 Å². The molecule has 19 heavy (non-hydrogen) atoms. The second-order valence-corrected chi connectivity index (χ2v) is 6.76. The van der Waals surface area contributed by atoms with Gasteiger partial charge in [0.25, 0.3) is 0 Å². The van der Waals surface area contributed by atoms with Crippen molar-refractivity contribution in [1.29, 1.82) is 0 Å². The minimum Gasteiger partial charge on any atom is -0.478 e. The maximum atomic E-state index is 11.8. The van der Waals surface area contributed by atoms with Crippen LogP contribution < -0.4 is 0 Å². The molecule has 0 spiro atoms.